The molecule has 1 amide bonds. The van der Waals surface area contributed by atoms with Gasteiger partial charge in [0, 0.05) is 0 Å². The number of hydrogen-bond acceptors (Lipinski definition) is 6. The zero-order valence-electron chi connectivity index (χ0n) is 21.9. The van der Waals surface area contributed by atoms with E-state index in [1.807, 2.05) is 43.3 Å². The minimum Gasteiger partial charge on any atom is -0.486 e. The summed E-state index contributed by atoms with van der Waals surface area (Å²) < 4.78 is 46.6. The Labute approximate surface area is 223 Å². The Morgan fingerprint density at radius 3 is 2.39 bits per heavy atom. The molecule has 0 aromatic heterocycles. The van der Waals surface area contributed by atoms with E-state index in [4.69, 9.17) is 14.2 Å². The van der Waals surface area contributed by atoms with Crippen molar-refractivity contribution in [2.45, 2.75) is 50.2 Å². The Balaban J connectivity index is 1.39. The Bertz CT molecular complexity index is 1450. The van der Waals surface area contributed by atoms with Crippen molar-refractivity contribution >= 4 is 21.6 Å². The second-order valence-electron chi connectivity index (χ2n) is 10.6. The Morgan fingerprint density at radius 2 is 1.68 bits per heavy atom. The van der Waals surface area contributed by atoms with Crippen LogP contribution in [-0.2, 0) is 20.2 Å². The molecule has 1 N–H and O–H groups in total. The van der Waals surface area contributed by atoms with Crippen molar-refractivity contribution in [1.82, 2.24) is 5.32 Å². The summed E-state index contributed by atoms with van der Waals surface area (Å²) in [6.45, 7) is 8.39. The summed E-state index contributed by atoms with van der Waals surface area (Å²) in [7, 11) is -3.96. The van der Waals surface area contributed by atoms with Crippen molar-refractivity contribution < 1.29 is 27.4 Å². The van der Waals surface area contributed by atoms with Crippen molar-refractivity contribution in [1.29, 1.82) is 0 Å². The van der Waals surface area contributed by atoms with Gasteiger partial charge in [-0.1, -0.05) is 56.7 Å². The lowest BCUT2D eigenvalue weighted by Gasteiger charge is -2.36. The van der Waals surface area contributed by atoms with Crippen molar-refractivity contribution in [3.8, 4) is 17.2 Å². The van der Waals surface area contributed by atoms with Crippen LogP contribution in [0.15, 0.2) is 71.6 Å². The summed E-state index contributed by atoms with van der Waals surface area (Å²) in [6, 6.07) is 19.5. The van der Waals surface area contributed by atoms with Crippen LogP contribution in [0.5, 0.6) is 17.2 Å². The van der Waals surface area contributed by atoms with Gasteiger partial charge >= 0.3 is 0 Å². The highest BCUT2D eigenvalue weighted by atomic mass is 32.2. The van der Waals surface area contributed by atoms with Crippen molar-refractivity contribution in [3.05, 3.63) is 77.9 Å². The molecule has 0 saturated carbocycles. The van der Waals surface area contributed by atoms with Gasteiger partial charge < -0.3 is 19.5 Å². The van der Waals surface area contributed by atoms with Gasteiger partial charge in [0.2, 0.25) is 0 Å². The number of amides is 1. The van der Waals surface area contributed by atoms with Crippen LogP contribution in [0.1, 0.15) is 31.9 Å². The molecule has 0 spiro atoms. The first-order valence-corrected chi connectivity index (χ1v) is 14.0. The van der Waals surface area contributed by atoms with Gasteiger partial charge in [-0.3, -0.25) is 9.10 Å². The van der Waals surface area contributed by atoms with E-state index < -0.39 is 22.0 Å². The van der Waals surface area contributed by atoms with Crippen LogP contribution < -0.4 is 23.8 Å². The highest BCUT2D eigenvalue weighted by molar-refractivity contribution is 7.92. The average molecular weight is 537 g/mol. The van der Waals surface area contributed by atoms with Crippen LogP contribution in [-0.4, -0.2) is 46.2 Å². The summed E-state index contributed by atoms with van der Waals surface area (Å²) >= 11 is 0. The first-order chi connectivity index (χ1) is 18.0. The van der Waals surface area contributed by atoms with Crippen LogP contribution in [0.2, 0.25) is 0 Å². The molecular weight excluding hydrogens is 504 g/mol. The Kier molecular flexibility index (Phi) is 6.73. The van der Waals surface area contributed by atoms with E-state index in [-0.39, 0.29) is 36.1 Å². The van der Waals surface area contributed by atoms with Gasteiger partial charge in [0.15, 0.2) is 17.6 Å². The molecule has 8 nitrogen and oxygen atoms in total. The largest absolute Gasteiger partial charge is 0.486 e. The molecule has 2 aliphatic heterocycles. The topological polar surface area (TPSA) is 94.2 Å². The molecule has 2 atom stereocenters. The molecule has 38 heavy (non-hydrogen) atoms. The van der Waals surface area contributed by atoms with Gasteiger partial charge in [-0.15, -0.1) is 0 Å². The summed E-state index contributed by atoms with van der Waals surface area (Å²) in [4.78, 5) is 13.4. The minimum atomic E-state index is -3.96. The molecule has 0 saturated heterocycles. The van der Waals surface area contributed by atoms with Crippen LogP contribution in [0.25, 0.3) is 0 Å². The van der Waals surface area contributed by atoms with E-state index in [2.05, 4.69) is 26.1 Å². The fraction of sp³-hybridized carbons (Fsp3) is 0.345. The number of benzene rings is 3. The van der Waals surface area contributed by atoms with E-state index in [9.17, 15) is 13.2 Å². The maximum absolute atomic E-state index is 13.8. The standard InChI is InChI=1S/C29H32N2O6S/c1-19-9-12-22(13-10-19)38(33,34)31-17-27(37-24-14-11-20(15-23(24)31)29(2,3)4)28(32)30-16-21-18-35-25-7-5-6-8-26(25)36-21/h5-15,21,27H,16-18H2,1-4H3,(H,30,32)/t21-,27-/m0/s1. The van der Waals surface area contributed by atoms with Crippen LogP contribution in [0.4, 0.5) is 5.69 Å². The number of anilines is 1. The minimum absolute atomic E-state index is 0.155. The fourth-order valence-electron chi connectivity index (χ4n) is 4.41. The van der Waals surface area contributed by atoms with E-state index in [0.29, 0.717) is 22.9 Å². The van der Waals surface area contributed by atoms with E-state index in [0.717, 1.165) is 11.1 Å². The molecular formula is C29H32N2O6S. The number of carbonyl (C=O) groups excluding carboxylic acids is 1. The van der Waals surface area contributed by atoms with Gasteiger partial charge in [-0.2, -0.15) is 0 Å². The van der Waals surface area contributed by atoms with Crippen molar-refractivity contribution in [3.63, 3.8) is 0 Å². The Hall–Kier alpha value is -3.72. The quantitative estimate of drug-likeness (QED) is 0.525. The maximum Gasteiger partial charge on any atom is 0.264 e. The third-order valence-corrected chi connectivity index (χ3v) is 8.46. The summed E-state index contributed by atoms with van der Waals surface area (Å²) in [5.74, 6) is 1.19. The van der Waals surface area contributed by atoms with Gasteiger partial charge in [0.1, 0.15) is 18.5 Å². The smallest absolute Gasteiger partial charge is 0.264 e. The number of rotatable bonds is 5. The normalized spacial score (nSPS) is 18.8. The second kappa shape index (κ2) is 9.87. The molecule has 0 aliphatic carbocycles. The van der Waals surface area contributed by atoms with Crippen molar-refractivity contribution in [2.75, 3.05) is 24.0 Å². The molecule has 5 rings (SSSR count). The molecule has 9 heteroatoms. The fourth-order valence-corrected chi connectivity index (χ4v) is 5.88. The lowest BCUT2D eigenvalue weighted by molar-refractivity contribution is -0.128. The number of fused-ring (bicyclic) bond motifs is 2. The monoisotopic (exact) mass is 536 g/mol. The summed E-state index contributed by atoms with van der Waals surface area (Å²) in [6.07, 6.45) is -1.42. The number of nitrogens with one attached hydrogen (secondary N) is 1. The summed E-state index contributed by atoms with van der Waals surface area (Å²) in [5, 5.41) is 2.85. The number of sulfonamides is 1. The molecule has 0 bridgehead atoms. The molecule has 3 aromatic carbocycles. The zero-order valence-corrected chi connectivity index (χ0v) is 22.7. The van der Waals surface area contributed by atoms with E-state index in [1.165, 1.54) is 4.31 Å². The number of para-hydroxylation sites is 2. The molecule has 0 radical (unpaired) electrons. The van der Waals surface area contributed by atoms with Crippen LogP contribution in [0, 0.1) is 6.92 Å². The molecule has 2 aliphatic rings. The van der Waals surface area contributed by atoms with Gasteiger partial charge in [0.05, 0.1) is 23.7 Å². The lowest BCUT2D eigenvalue weighted by atomic mass is 9.86. The van der Waals surface area contributed by atoms with Crippen molar-refractivity contribution in [2.24, 2.45) is 0 Å². The molecule has 2 heterocycles. The van der Waals surface area contributed by atoms with E-state index >= 15 is 0 Å². The number of hydrogen-bond donors (Lipinski definition) is 1. The predicted octanol–water partition coefficient (Wildman–Crippen LogP) is 4.21. The first kappa shape index (κ1) is 25.9. The number of ether oxygens (including phenoxy) is 3. The summed E-state index contributed by atoms with van der Waals surface area (Å²) in [5.41, 5.74) is 2.13. The van der Waals surface area contributed by atoms with Gasteiger partial charge in [0.25, 0.3) is 15.9 Å². The number of carbonyl (C=O) groups is 1. The predicted molar refractivity (Wildman–Crippen MR) is 145 cm³/mol. The lowest BCUT2D eigenvalue weighted by Crippen LogP contribution is -2.52. The highest BCUT2D eigenvalue weighted by Gasteiger charge is 2.38. The maximum atomic E-state index is 13.8. The molecule has 3 aromatic rings. The average Bonchev–Trinajstić information content (AvgIpc) is 2.90. The SMILES string of the molecule is Cc1ccc(S(=O)(=O)N2C[C@@H](C(=O)NC[C@H]3COc4ccccc4O3)Oc3ccc(C(C)(C)C)cc32)cc1. The number of nitrogens with zero attached hydrogens (tertiary/aromatic N) is 1. The van der Waals surface area contributed by atoms with Crippen LogP contribution in [0.3, 0.4) is 0 Å². The third kappa shape index (κ3) is 5.15. The van der Waals surface area contributed by atoms with Gasteiger partial charge in [-0.05, 0) is 54.3 Å². The number of aryl methyl sites for hydroxylation is 1. The van der Waals surface area contributed by atoms with Gasteiger partial charge in [-0.25, -0.2) is 8.42 Å². The highest BCUT2D eigenvalue weighted by Crippen LogP contribution is 2.40. The molecule has 0 fully saturated rings. The van der Waals surface area contributed by atoms with E-state index in [1.54, 1.807) is 30.3 Å². The molecule has 200 valence electrons. The van der Waals surface area contributed by atoms with Crippen LogP contribution >= 0.6 is 0 Å². The Morgan fingerprint density at radius 1 is 0.974 bits per heavy atom. The second-order valence-corrected chi connectivity index (χ2v) is 12.5. The zero-order chi connectivity index (χ0) is 27.1. The molecule has 0 unspecified atom stereocenters. The third-order valence-electron chi connectivity index (χ3n) is 6.67. The first-order valence-electron chi connectivity index (χ1n) is 12.6.